The highest BCUT2D eigenvalue weighted by Crippen LogP contribution is 2.26. The highest BCUT2D eigenvalue weighted by Gasteiger charge is 2.18. The van der Waals surface area contributed by atoms with E-state index in [-0.39, 0.29) is 0 Å². The van der Waals surface area contributed by atoms with Crippen LogP contribution in [-0.2, 0) is 0 Å². The molecule has 0 atom stereocenters. The maximum atomic E-state index is 6.20. The van der Waals surface area contributed by atoms with Crippen molar-refractivity contribution in [2.75, 3.05) is 41.3 Å². The lowest BCUT2D eigenvalue weighted by Crippen LogP contribution is -2.46. The van der Waals surface area contributed by atoms with Crippen molar-refractivity contribution in [3.63, 3.8) is 0 Å². The van der Waals surface area contributed by atoms with Crippen molar-refractivity contribution < 1.29 is 0 Å². The fourth-order valence-corrected chi connectivity index (χ4v) is 3.46. The summed E-state index contributed by atoms with van der Waals surface area (Å²) in [5, 5.41) is 4.01. The number of anilines is 4. The number of halogens is 1. The smallest absolute Gasteiger partial charge is 0.229 e. The predicted octanol–water partition coefficient (Wildman–Crippen LogP) is 4.51. The Morgan fingerprint density at radius 1 is 0.889 bits per heavy atom. The Labute approximate surface area is 164 Å². The van der Waals surface area contributed by atoms with Crippen LogP contribution in [0.1, 0.15) is 5.56 Å². The minimum absolute atomic E-state index is 0.586. The highest BCUT2D eigenvalue weighted by molar-refractivity contribution is 6.31. The fourth-order valence-electron chi connectivity index (χ4n) is 3.28. The fraction of sp³-hybridized carbons (Fsp3) is 0.238. The van der Waals surface area contributed by atoms with Crippen molar-refractivity contribution in [2.24, 2.45) is 0 Å². The quantitative estimate of drug-likeness (QED) is 0.722. The molecule has 138 valence electrons. The Morgan fingerprint density at radius 3 is 2.41 bits per heavy atom. The topological polar surface area (TPSA) is 44.3 Å². The third kappa shape index (κ3) is 3.98. The zero-order valence-electron chi connectivity index (χ0n) is 15.3. The van der Waals surface area contributed by atoms with E-state index in [4.69, 9.17) is 16.6 Å². The van der Waals surface area contributed by atoms with Gasteiger partial charge in [-0.3, -0.25) is 0 Å². The average molecular weight is 380 g/mol. The van der Waals surface area contributed by atoms with Crippen LogP contribution in [-0.4, -0.2) is 36.1 Å². The Balaban J connectivity index is 1.45. The van der Waals surface area contributed by atoms with Gasteiger partial charge in [0.15, 0.2) is 0 Å². The van der Waals surface area contributed by atoms with Crippen molar-refractivity contribution in [2.45, 2.75) is 6.92 Å². The Bertz CT molecular complexity index is 907. The lowest BCUT2D eigenvalue weighted by molar-refractivity contribution is 0.647. The number of rotatable bonds is 4. The van der Waals surface area contributed by atoms with E-state index in [9.17, 15) is 0 Å². The predicted molar refractivity (Wildman–Crippen MR) is 112 cm³/mol. The monoisotopic (exact) mass is 379 g/mol. The molecule has 5 nitrogen and oxygen atoms in total. The zero-order valence-corrected chi connectivity index (χ0v) is 16.0. The van der Waals surface area contributed by atoms with Crippen LogP contribution in [0.4, 0.5) is 23.1 Å². The maximum Gasteiger partial charge on any atom is 0.229 e. The first kappa shape index (κ1) is 17.6. The van der Waals surface area contributed by atoms with Crippen LogP contribution in [0, 0.1) is 6.92 Å². The molecule has 1 saturated heterocycles. The van der Waals surface area contributed by atoms with Crippen molar-refractivity contribution in [3.05, 3.63) is 71.4 Å². The lowest BCUT2D eigenvalue weighted by Gasteiger charge is -2.36. The third-order valence-corrected chi connectivity index (χ3v) is 5.29. The molecule has 0 aliphatic carbocycles. The molecule has 4 rings (SSSR count). The van der Waals surface area contributed by atoms with Crippen molar-refractivity contribution in [1.82, 2.24) is 9.97 Å². The molecule has 1 aromatic heterocycles. The second-order valence-electron chi connectivity index (χ2n) is 6.59. The van der Waals surface area contributed by atoms with Gasteiger partial charge in [0.2, 0.25) is 5.95 Å². The number of piperazine rings is 1. The first-order valence-corrected chi connectivity index (χ1v) is 9.48. The van der Waals surface area contributed by atoms with E-state index in [1.165, 1.54) is 5.69 Å². The van der Waals surface area contributed by atoms with Gasteiger partial charge in [-0.25, -0.2) is 4.98 Å². The van der Waals surface area contributed by atoms with Crippen molar-refractivity contribution >= 4 is 34.7 Å². The number of hydrogen-bond acceptors (Lipinski definition) is 5. The normalized spacial score (nSPS) is 14.3. The van der Waals surface area contributed by atoms with Gasteiger partial charge in [0.1, 0.15) is 5.82 Å². The van der Waals surface area contributed by atoms with Gasteiger partial charge >= 0.3 is 0 Å². The largest absolute Gasteiger partial charge is 0.368 e. The Morgan fingerprint density at radius 2 is 1.63 bits per heavy atom. The summed E-state index contributed by atoms with van der Waals surface area (Å²) in [7, 11) is 0. The molecule has 2 heterocycles. The summed E-state index contributed by atoms with van der Waals surface area (Å²) in [6.45, 7) is 5.80. The van der Waals surface area contributed by atoms with Gasteiger partial charge in [-0.05, 0) is 42.8 Å². The SMILES string of the molecule is Cc1c(Cl)cccc1Nc1nccc(N2CCN(c3ccccc3)CC2)n1. The van der Waals surface area contributed by atoms with Crippen LogP contribution in [0.3, 0.4) is 0 Å². The molecule has 0 spiro atoms. The van der Waals surface area contributed by atoms with E-state index < -0.39 is 0 Å². The second kappa shape index (κ2) is 7.84. The minimum atomic E-state index is 0.586. The van der Waals surface area contributed by atoms with Crippen LogP contribution >= 0.6 is 11.6 Å². The molecule has 6 heteroatoms. The molecule has 3 aromatic rings. The van der Waals surface area contributed by atoms with Gasteiger partial charge in [0.05, 0.1) is 0 Å². The molecule has 0 amide bonds. The molecule has 1 aliphatic rings. The number of aromatic nitrogens is 2. The number of benzene rings is 2. The first-order chi connectivity index (χ1) is 13.2. The third-order valence-electron chi connectivity index (χ3n) is 4.88. The van der Waals surface area contributed by atoms with E-state index in [1.54, 1.807) is 6.20 Å². The Kier molecular flexibility index (Phi) is 5.12. The minimum Gasteiger partial charge on any atom is -0.368 e. The van der Waals surface area contributed by atoms with Crippen LogP contribution < -0.4 is 15.1 Å². The summed E-state index contributed by atoms with van der Waals surface area (Å²) in [6.07, 6.45) is 1.80. The number of nitrogens with zero attached hydrogens (tertiary/aromatic N) is 4. The molecule has 1 aliphatic heterocycles. The lowest BCUT2D eigenvalue weighted by atomic mass is 10.2. The number of hydrogen-bond donors (Lipinski definition) is 1. The van der Waals surface area contributed by atoms with Gasteiger partial charge in [-0.1, -0.05) is 35.9 Å². The summed E-state index contributed by atoms with van der Waals surface area (Å²) in [5.41, 5.74) is 3.19. The van der Waals surface area contributed by atoms with Crippen molar-refractivity contribution in [3.8, 4) is 0 Å². The maximum absolute atomic E-state index is 6.20. The molecule has 27 heavy (non-hydrogen) atoms. The van der Waals surface area contributed by atoms with Crippen LogP contribution in [0.2, 0.25) is 5.02 Å². The summed E-state index contributed by atoms with van der Waals surface area (Å²) in [6, 6.07) is 18.3. The van der Waals surface area contributed by atoms with Crippen LogP contribution in [0.25, 0.3) is 0 Å². The van der Waals surface area contributed by atoms with Gasteiger partial charge in [-0.15, -0.1) is 0 Å². The van der Waals surface area contributed by atoms with E-state index in [1.807, 2.05) is 31.2 Å². The number of nitrogens with one attached hydrogen (secondary N) is 1. The van der Waals surface area contributed by atoms with Gasteiger partial charge in [0.25, 0.3) is 0 Å². The summed E-state index contributed by atoms with van der Waals surface area (Å²) in [4.78, 5) is 13.8. The Hall–Kier alpha value is -2.79. The van der Waals surface area contributed by atoms with Crippen LogP contribution in [0.5, 0.6) is 0 Å². The molecular weight excluding hydrogens is 358 g/mol. The van der Waals surface area contributed by atoms with Crippen molar-refractivity contribution in [1.29, 1.82) is 0 Å². The number of para-hydroxylation sites is 1. The molecule has 0 saturated carbocycles. The summed E-state index contributed by atoms with van der Waals surface area (Å²) >= 11 is 6.20. The van der Waals surface area contributed by atoms with E-state index in [0.717, 1.165) is 48.3 Å². The summed E-state index contributed by atoms with van der Waals surface area (Å²) < 4.78 is 0. The van der Waals surface area contributed by atoms with E-state index >= 15 is 0 Å². The first-order valence-electron chi connectivity index (χ1n) is 9.11. The molecule has 0 bridgehead atoms. The molecule has 1 fully saturated rings. The summed E-state index contributed by atoms with van der Waals surface area (Å²) in [5.74, 6) is 1.53. The molecule has 2 aromatic carbocycles. The van der Waals surface area contributed by atoms with Gasteiger partial charge in [0, 0.05) is 48.8 Å². The van der Waals surface area contributed by atoms with Gasteiger partial charge < -0.3 is 15.1 Å². The second-order valence-corrected chi connectivity index (χ2v) is 6.99. The zero-order chi connectivity index (χ0) is 18.6. The highest BCUT2D eigenvalue weighted by atomic mass is 35.5. The standard InChI is InChI=1S/C21H22ClN5/c1-16-18(22)8-5-9-19(16)24-21-23-11-10-20(25-21)27-14-12-26(13-15-27)17-6-3-2-4-7-17/h2-11H,12-15H2,1H3,(H,23,24,25). The van der Waals surface area contributed by atoms with E-state index in [2.05, 4.69) is 50.4 Å². The molecular formula is C21H22ClN5. The van der Waals surface area contributed by atoms with Crippen LogP contribution in [0.15, 0.2) is 60.8 Å². The molecule has 0 radical (unpaired) electrons. The van der Waals surface area contributed by atoms with E-state index in [0.29, 0.717) is 5.95 Å². The average Bonchev–Trinajstić information content (AvgIpc) is 2.72. The molecule has 1 N–H and O–H groups in total. The van der Waals surface area contributed by atoms with Gasteiger partial charge in [-0.2, -0.15) is 4.98 Å². The molecule has 0 unspecified atom stereocenters.